The fourth-order valence-electron chi connectivity index (χ4n) is 2.67. The Morgan fingerprint density at radius 3 is 2.77 bits per heavy atom. The molecule has 6 heteroatoms. The molecular weight excluding hydrogens is 320 g/mol. The third kappa shape index (κ3) is 3.20. The predicted molar refractivity (Wildman–Crippen MR) is 90.3 cm³/mol. The molecule has 1 aliphatic rings. The van der Waals surface area contributed by atoms with Crippen molar-refractivity contribution in [1.29, 1.82) is 0 Å². The maximum absolute atomic E-state index is 12.3. The van der Waals surface area contributed by atoms with Crippen molar-refractivity contribution >= 4 is 34.7 Å². The summed E-state index contributed by atoms with van der Waals surface area (Å²) in [7, 11) is 1.66. The lowest BCUT2D eigenvalue weighted by Gasteiger charge is -2.17. The number of hydrogen-bond acceptors (Lipinski definition) is 3. The lowest BCUT2D eigenvalue weighted by atomic mass is 9.98. The van der Waals surface area contributed by atoms with Crippen molar-refractivity contribution in [1.82, 2.24) is 4.90 Å². The highest BCUT2D eigenvalue weighted by Gasteiger charge is 2.27. The number of carbonyl (C=O) groups is 1. The van der Waals surface area contributed by atoms with Crippen molar-refractivity contribution in [2.45, 2.75) is 12.3 Å². The van der Waals surface area contributed by atoms with Gasteiger partial charge in [-0.15, -0.1) is 11.3 Å². The zero-order chi connectivity index (χ0) is 15.5. The van der Waals surface area contributed by atoms with Gasteiger partial charge in [-0.25, -0.2) is 4.79 Å². The zero-order valence-electron chi connectivity index (χ0n) is 12.2. The van der Waals surface area contributed by atoms with E-state index in [1.165, 1.54) is 16.9 Å². The second kappa shape index (κ2) is 6.58. The number of amides is 2. The summed E-state index contributed by atoms with van der Waals surface area (Å²) < 4.78 is 5.79. The molecule has 0 aliphatic carbocycles. The van der Waals surface area contributed by atoms with E-state index in [1.54, 1.807) is 7.11 Å². The lowest BCUT2D eigenvalue weighted by molar-refractivity contribution is 0.222. The van der Waals surface area contributed by atoms with Gasteiger partial charge >= 0.3 is 6.03 Å². The number of hydrogen-bond donors (Lipinski definition) is 1. The first-order valence-corrected chi connectivity index (χ1v) is 8.36. The molecule has 2 heterocycles. The number of rotatable bonds is 3. The minimum Gasteiger partial charge on any atom is -0.497 e. The van der Waals surface area contributed by atoms with Gasteiger partial charge in [0.1, 0.15) is 10.1 Å². The first-order chi connectivity index (χ1) is 10.7. The molecule has 1 aromatic heterocycles. The molecule has 1 atom stereocenters. The van der Waals surface area contributed by atoms with Gasteiger partial charge in [-0.2, -0.15) is 0 Å². The van der Waals surface area contributed by atoms with E-state index in [0.29, 0.717) is 15.9 Å². The molecule has 0 bridgehead atoms. The second-order valence-electron chi connectivity index (χ2n) is 5.24. The number of carbonyl (C=O) groups excluding carboxylic acids is 1. The molecule has 2 aromatic rings. The quantitative estimate of drug-likeness (QED) is 0.900. The molecule has 1 aromatic carbocycles. The summed E-state index contributed by atoms with van der Waals surface area (Å²) in [5.41, 5.74) is 1.93. The van der Waals surface area contributed by atoms with Gasteiger partial charge in [-0.3, -0.25) is 0 Å². The number of benzene rings is 1. The monoisotopic (exact) mass is 336 g/mol. The number of likely N-dealkylation sites (tertiary alicyclic amines) is 1. The molecule has 0 radical (unpaired) electrons. The average Bonchev–Trinajstić information content (AvgIpc) is 3.17. The Kier molecular flexibility index (Phi) is 4.55. The summed E-state index contributed by atoms with van der Waals surface area (Å²) in [5.74, 6) is 1.22. The molecule has 0 saturated carbocycles. The van der Waals surface area contributed by atoms with Gasteiger partial charge in [0.25, 0.3) is 0 Å². The summed E-state index contributed by atoms with van der Waals surface area (Å²) in [6, 6.07) is 9.80. The number of urea groups is 1. The molecule has 4 nitrogen and oxygen atoms in total. The topological polar surface area (TPSA) is 41.6 Å². The molecule has 1 aliphatic heterocycles. The fraction of sp³-hybridized carbons (Fsp3) is 0.312. The molecule has 1 saturated heterocycles. The van der Waals surface area contributed by atoms with Crippen LogP contribution in [-0.2, 0) is 0 Å². The van der Waals surface area contributed by atoms with Gasteiger partial charge in [-0.05, 0) is 35.6 Å². The third-order valence-electron chi connectivity index (χ3n) is 3.92. The summed E-state index contributed by atoms with van der Waals surface area (Å²) in [6.07, 6.45) is 0.969. The Balaban J connectivity index is 1.61. The van der Waals surface area contributed by atoms with Crippen LogP contribution in [0.3, 0.4) is 0 Å². The largest absolute Gasteiger partial charge is 0.497 e. The molecule has 1 fully saturated rings. The smallest absolute Gasteiger partial charge is 0.321 e. The minimum atomic E-state index is -0.0867. The van der Waals surface area contributed by atoms with Crippen molar-refractivity contribution in [2.24, 2.45) is 0 Å². The Bertz CT molecular complexity index is 656. The number of halogens is 1. The highest BCUT2D eigenvalue weighted by molar-refractivity contribution is 7.15. The van der Waals surface area contributed by atoms with Gasteiger partial charge < -0.3 is 15.0 Å². The zero-order valence-corrected chi connectivity index (χ0v) is 13.8. The number of nitrogens with one attached hydrogen (secondary N) is 1. The van der Waals surface area contributed by atoms with Crippen molar-refractivity contribution < 1.29 is 9.53 Å². The highest BCUT2D eigenvalue weighted by Crippen LogP contribution is 2.31. The van der Waals surface area contributed by atoms with Crippen LogP contribution in [0.25, 0.3) is 0 Å². The molecule has 116 valence electrons. The van der Waals surface area contributed by atoms with Crippen LogP contribution in [0, 0.1) is 0 Å². The summed E-state index contributed by atoms with van der Waals surface area (Å²) in [6.45, 7) is 1.48. The van der Waals surface area contributed by atoms with Gasteiger partial charge in [0.05, 0.1) is 12.8 Å². The van der Waals surface area contributed by atoms with Gasteiger partial charge in [0, 0.05) is 19.0 Å². The van der Waals surface area contributed by atoms with Crippen LogP contribution in [0.2, 0.25) is 4.34 Å². The fourth-order valence-corrected chi connectivity index (χ4v) is 3.50. The van der Waals surface area contributed by atoms with E-state index < -0.39 is 0 Å². The van der Waals surface area contributed by atoms with E-state index >= 15 is 0 Å². The highest BCUT2D eigenvalue weighted by atomic mass is 35.5. The van der Waals surface area contributed by atoms with Crippen LogP contribution in [0.5, 0.6) is 5.75 Å². The Labute approximate surface area is 138 Å². The van der Waals surface area contributed by atoms with Crippen LogP contribution in [0.4, 0.5) is 10.5 Å². The van der Waals surface area contributed by atoms with Crippen LogP contribution in [-0.4, -0.2) is 31.1 Å². The molecule has 3 rings (SSSR count). The van der Waals surface area contributed by atoms with E-state index in [1.807, 2.05) is 28.5 Å². The third-order valence-corrected chi connectivity index (χ3v) is 5.09. The lowest BCUT2D eigenvalue weighted by Crippen LogP contribution is -2.32. The molecule has 1 N–H and O–H groups in total. The van der Waals surface area contributed by atoms with Gasteiger partial charge in [0.15, 0.2) is 0 Å². The van der Waals surface area contributed by atoms with Crippen LogP contribution in [0.15, 0.2) is 35.7 Å². The van der Waals surface area contributed by atoms with Crippen molar-refractivity contribution in [3.8, 4) is 5.75 Å². The van der Waals surface area contributed by atoms with Crippen LogP contribution >= 0.6 is 22.9 Å². The van der Waals surface area contributed by atoms with Crippen molar-refractivity contribution in [3.63, 3.8) is 0 Å². The van der Waals surface area contributed by atoms with E-state index in [-0.39, 0.29) is 6.03 Å². The van der Waals surface area contributed by atoms with E-state index in [2.05, 4.69) is 17.4 Å². The first kappa shape index (κ1) is 15.2. The minimum absolute atomic E-state index is 0.0867. The van der Waals surface area contributed by atoms with Crippen LogP contribution < -0.4 is 10.1 Å². The van der Waals surface area contributed by atoms with Crippen molar-refractivity contribution in [2.75, 3.05) is 25.5 Å². The molecule has 0 spiro atoms. The molecular formula is C16H17ClN2O2S. The normalized spacial score (nSPS) is 17.5. The molecule has 0 unspecified atom stereocenters. The average molecular weight is 337 g/mol. The summed E-state index contributed by atoms with van der Waals surface area (Å²) in [5, 5.41) is 4.73. The summed E-state index contributed by atoms with van der Waals surface area (Å²) >= 11 is 7.43. The Hall–Kier alpha value is -1.72. The predicted octanol–water partition coefficient (Wildman–Crippen LogP) is 4.43. The van der Waals surface area contributed by atoms with Gasteiger partial charge in [-0.1, -0.05) is 23.7 Å². The van der Waals surface area contributed by atoms with E-state index in [4.69, 9.17) is 16.3 Å². The second-order valence-corrected chi connectivity index (χ2v) is 6.76. The Morgan fingerprint density at radius 1 is 1.36 bits per heavy atom. The number of thiophene rings is 1. The van der Waals surface area contributed by atoms with E-state index in [9.17, 15) is 4.79 Å². The molecule has 22 heavy (non-hydrogen) atoms. The summed E-state index contributed by atoms with van der Waals surface area (Å²) in [4.78, 5) is 14.1. The van der Waals surface area contributed by atoms with Crippen LogP contribution in [0.1, 0.15) is 17.9 Å². The number of anilines is 1. The van der Waals surface area contributed by atoms with Gasteiger partial charge in [0.2, 0.25) is 0 Å². The van der Waals surface area contributed by atoms with E-state index in [0.717, 1.165) is 25.3 Å². The maximum Gasteiger partial charge on any atom is 0.321 e. The molecule has 2 amide bonds. The Morgan fingerprint density at radius 2 is 2.14 bits per heavy atom. The number of ether oxygens (including phenoxy) is 1. The maximum atomic E-state index is 12.3. The SMILES string of the molecule is COc1ccc([C@@H]2CCN(C(=O)Nc3ccsc3Cl)C2)cc1. The first-order valence-electron chi connectivity index (χ1n) is 7.10. The number of methoxy groups -OCH3 is 1. The number of nitrogens with zero attached hydrogens (tertiary/aromatic N) is 1. The van der Waals surface area contributed by atoms with Crippen molar-refractivity contribution in [3.05, 3.63) is 45.6 Å². The standard InChI is InChI=1S/C16H17ClN2O2S/c1-21-13-4-2-11(3-5-13)12-6-8-19(10-12)16(20)18-14-7-9-22-15(14)17/h2-5,7,9,12H,6,8,10H2,1H3,(H,18,20)/t12-/m1/s1.